The number of allylic oxidation sites excluding steroid dienone is 2. The van der Waals surface area contributed by atoms with Crippen LogP contribution in [0.2, 0.25) is 0 Å². The fourth-order valence-corrected chi connectivity index (χ4v) is 10.6. The highest BCUT2D eigenvalue weighted by Crippen LogP contribution is 2.48. The van der Waals surface area contributed by atoms with Crippen LogP contribution in [0.1, 0.15) is 93.9 Å². The van der Waals surface area contributed by atoms with E-state index in [4.69, 9.17) is 47.4 Å². The molecule has 7 rings (SSSR count). The molecule has 0 aromatic heterocycles. The molecule has 14 nitrogen and oxygen atoms in total. The SMILES string of the molecule is COC1CC(OC2C(C)OC(OC3/C(C)=C/CC4CC(CC5(CC(C)C(C)C(C)O5)O4)OC(=O)C4C=C(C)C(O)C5OC/C(=C\C=C\C3C)C45O)CC2OC)OC(C)C1O. The van der Waals surface area contributed by atoms with Crippen LogP contribution in [0.25, 0.3) is 0 Å². The Morgan fingerprint density at radius 2 is 1.52 bits per heavy atom. The maximum atomic E-state index is 14.3. The summed E-state index contributed by atoms with van der Waals surface area (Å²) >= 11 is 0. The van der Waals surface area contributed by atoms with Crippen molar-refractivity contribution in [2.24, 2.45) is 23.7 Å². The van der Waals surface area contributed by atoms with Crippen LogP contribution in [-0.2, 0) is 52.2 Å². The molecule has 0 amide bonds. The lowest BCUT2D eigenvalue weighted by Gasteiger charge is -2.51. The number of carbonyl (C=O) groups is 1. The number of rotatable bonds is 6. The topological polar surface area (TPSA) is 170 Å². The summed E-state index contributed by atoms with van der Waals surface area (Å²) < 4.78 is 63.4. The summed E-state index contributed by atoms with van der Waals surface area (Å²) in [6.07, 6.45) is 4.51. The molecule has 7 aliphatic rings. The smallest absolute Gasteiger partial charge is 0.316 e. The van der Waals surface area contributed by atoms with Crippen molar-refractivity contribution in [2.45, 2.75) is 191 Å². The summed E-state index contributed by atoms with van der Waals surface area (Å²) in [5, 5.41) is 34.1. The summed E-state index contributed by atoms with van der Waals surface area (Å²) in [4.78, 5) is 14.3. The van der Waals surface area contributed by atoms with E-state index in [0.29, 0.717) is 61.5 Å². The Kier molecular flexibility index (Phi) is 14.2. The van der Waals surface area contributed by atoms with Crippen molar-refractivity contribution in [2.75, 3.05) is 20.8 Å². The lowest BCUT2D eigenvalue weighted by Crippen LogP contribution is -2.58. The summed E-state index contributed by atoms with van der Waals surface area (Å²) in [5.74, 6) is -2.15. The second-order valence-corrected chi connectivity index (χ2v) is 18.7. The Bertz CT molecular complexity index is 1630. The quantitative estimate of drug-likeness (QED) is 0.246. The number of fused-ring (bicyclic) bond motifs is 2. The number of aliphatic hydroxyl groups is 3. The summed E-state index contributed by atoms with van der Waals surface area (Å²) in [5.41, 5.74) is 0.177. The van der Waals surface area contributed by atoms with Gasteiger partial charge in [0.1, 0.15) is 42.0 Å². The monoisotopic (exact) mass is 846 g/mol. The predicted molar refractivity (Wildman–Crippen MR) is 218 cm³/mol. The average molecular weight is 847 g/mol. The number of aliphatic hydroxyl groups excluding tert-OH is 2. The van der Waals surface area contributed by atoms with Gasteiger partial charge in [-0.25, -0.2) is 0 Å². The number of methoxy groups -OCH3 is 2. The van der Waals surface area contributed by atoms with Gasteiger partial charge in [0.15, 0.2) is 18.4 Å². The van der Waals surface area contributed by atoms with Crippen molar-refractivity contribution in [3.8, 4) is 0 Å². The zero-order valence-corrected chi connectivity index (χ0v) is 37.1. The highest BCUT2D eigenvalue weighted by atomic mass is 16.7. The van der Waals surface area contributed by atoms with Gasteiger partial charge in [-0.05, 0) is 69.6 Å². The first kappa shape index (κ1) is 46.0. The van der Waals surface area contributed by atoms with Gasteiger partial charge in [-0.15, -0.1) is 0 Å². The molecule has 20 atom stereocenters. The van der Waals surface area contributed by atoms with Crippen molar-refractivity contribution < 1.29 is 67.5 Å². The van der Waals surface area contributed by atoms with Crippen molar-refractivity contribution in [1.82, 2.24) is 0 Å². The Morgan fingerprint density at radius 3 is 2.23 bits per heavy atom. The standard InChI is InChI=1S/C46H70O14/c1-23-12-11-13-31-22-53-43-39(47)25(3)16-34(46(31,43)50)44(49)56-33-17-32(60-45(21-33)20-26(4)27(5)28(6)59-45)15-14-24(2)41(23)57-38-19-36(52-10)42(30(8)55-38)58-37-18-35(51-9)40(48)29(7)54-37/h11-14,16,23,26-30,32-43,47-48,50H,15,17-22H2,1-10H3/b12-11+,24-14+,31-13+. The Hall–Kier alpha value is -2.05. The van der Waals surface area contributed by atoms with E-state index in [1.165, 1.54) is 0 Å². The molecule has 338 valence electrons. The average Bonchev–Trinajstić information content (AvgIpc) is 3.54. The molecule has 0 radical (unpaired) electrons. The Morgan fingerprint density at radius 1 is 0.817 bits per heavy atom. The maximum Gasteiger partial charge on any atom is 0.316 e. The first-order valence-corrected chi connectivity index (χ1v) is 22.1. The van der Waals surface area contributed by atoms with Crippen LogP contribution in [-0.4, -0.2) is 139 Å². The molecular formula is C46H70O14. The number of carbonyl (C=O) groups excluding carboxylic acids is 1. The minimum Gasteiger partial charge on any atom is -0.462 e. The van der Waals surface area contributed by atoms with Gasteiger partial charge >= 0.3 is 5.97 Å². The van der Waals surface area contributed by atoms with Gasteiger partial charge in [-0.2, -0.15) is 0 Å². The number of ether oxygens (including phenoxy) is 10. The Labute approximate surface area is 355 Å². The predicted octanol–water partition coefficient (Wildman–Crippen LogP) is 4.82. The second kappa shape index (κ2) is 18.6. The normalized spacial score (nSPS) is 51.4. The molecule has 1 spiro atoms. The van der Waals surface area contributed by atoms with E-state index in [1.54, 1.807) is 40.2 Å². The van der Waals surface area contributed by atoms with Crippen molar-refractivity contribution in [1.29, 1.82) is 0 Å². The van der Waals surface area contributed by atoms with Crippen molar-refractivity contribution in [3.63, 3.8) is 0 Å². The van der Waals surface area contributed by atoms with Crippen LogP contribution in [0.5, 0.6) is 0 Å². The van der Waals surface area contributed by atoms with E-state index in [9.17, 15) is 20.1 Å². The molecule has 60 heavy (non-hydrogen) atoms. The highest BCUT2D eigenvalue weighted by Gasteiger charge is 2.60. The summed E-state index contributed by atoms with van der Waals surface area (Å²) in [6.45, 7) is 16.1. The van der Waals surface area contributed by atoms with E-state index >= 15 is 0 Å². The van der Waals surface area contributed by atoms with E-state index in [-0.39, 0.29) is 30.8 Å². The molecule has 14 heteroatoms. The minimum absolute atomic E-state index is 0.0396. The van der Waals surface area contributed by atoms with Crippen LogP contribution in [0.15, 0.2) is 47.1 Å². The molecule has 0 aromatic rings. The number of esters is 1. The molecule has 0 saturated carbocycles. The summed E-state index contributed by atoms with van der Waals surface area (Å²) in [6, 6.07) is 0. The van der Waals surface area contributed by atoms with E-state index < -0.39 is 90.8 Å². The zero-order valence-electron chi connectivity index (χ0n) is 37.1. The van der Waals surface area contributed by atoms with Crippen LogP contribution in [0, 0.1) is 23.7 Å². The van der Waals surface area contributed by atoms with Gasteiger partial charge in [-0.3, -0.25) is 4.79 Å². The Balaban J connectivity index is 1.17. The lowest BCUT2D eigenvalue weighted by molar-refractivity contribution is -0.340. The maximum absolute atomic E-state index is 14.3. The van der Waals surface area contributed by atoms with Crippen molar-refractivity contribution in [3.05, 3.63) is 47.1 Å². The van der Waals surface area contributed by atoms with Gasteiger partial charge in [0, 0.05) is 52.2 Å². The third-order valence-corrected chi connectivity index (χ3v) is 14.5. The van der Waals surface area contributed by atoms with Crippen LogP contribution >= 0.6 is 0 Å². The largest absolute Gasteiger partial charge is 0.462 e. The molecule has 20 unspecified atom stereocenters. The van der Waals surface area contributed by atoms with E-state index in [2.05, 4.69) is 33.8 Å². The van der Waals surface area contributed by atoms with Crippen molar-refractivity contribution >= 4 is 5.97 Å². The molecule has 6 aliphatic heterocycles. The van der Waals surface area contributed by atoms with Gasteiger partial charge in [0.2, 0.25) is 0 Å². The first-order chi connectivity index (χ1) is 28.5. The van der Waals surface area contributed by atoms with Gasteiger partial charge < -0.3 is 62.7 Å². The summed E-state index contributed by atoms with van der Waals surface area (Å²) in [7, 11) is 3.22. The first-order valence-electron chi connectivity index (χ1n) is 22.1. The molecule has 6 heterocycles. The van der Waals surface area contributed by atoms with Crippen LogP contribution in [0.4, 0.5) is 0 Å². The molecule has 2 bridgehead atoms. The molecular weight excluding hydrogens is 776 g/mol. The third-order valence-electron chi connectivity index (χ3n) is 14.5. The molecule has 3 N–H and O–H groups in total. The van der Waals surface area contributed by atoms with Gasteiger partial charge in [-0.1, -0.05) is 51.2 Å². The fourth-order valence-electron chi connectivity index (χ4n) is 10.6. The fraction of sp³-hybridized carbons (Fsp3) is 0.804. The van der Waals surface area contributed by atoms with Crippen LogP contribution in [0.3, 0.4) is 0 Å². The minimum atomic E-state index is -1.82. The van der Waals surface area contributed by atoms with Gasteiger partial charge in [0.05, 0.1) is 49.3 Å². The second-order valence-electron chi connectivity index (χ2n) is 18.7. The number of hydrogen-bond acceptors (Lipinski definition) is 14. The zero-order chi connectivity index (χ0) is 43.3. The molecule has 0 aromatic carbocycles. The molecule has 5 fully saturated rings. The third kappa shape index (κ3) is 9.14. The highest BCUT2D eigenvalue weighted by molar-refractivity contribution is 5.78. The molecule has 1 aliphatic carbocycles. The van der Waals surface area contributed by atoms with Crippen LogP contribution < -0.4 is 0 Å². The number of hydrogen-bond donors (Lipinski definition) is 3. The molecule has 5 saturated heterocycles. The van der Waals surface area contributed by atoms with Gasteiger partial charge in [0.25, 0.3) is 0 Å². The van der Waals surface area contributed by atoms with E-state index in [1.807, 2.05) is 26.0 Å². The lowest BCUT2D eigenvalue weighted by atomic mass is 9.71. The van der Waals surface area contributed by atoms with E-state index in [0.717, 1.165) is 5.57 Å².